The number of aromatic nitrogens is 2. The smallest absolute Gasteiger partial charge is 0.407 e. The van der Waals surface area contributed by atoms with E-state index in [-0.39, 0.29) is 12.0 Å². The average Bonchev–Trinajstić information content (AvgIpc) is 3.87. The molecule has 8 rings (SSSR count). The second kappa shape index (κ2) is 12.9. The van der Waals surface area contributed by atoms with E-state index < -0.39 is 12.1 Å². The van der Waals surface area contributed by atoms with Crippen molar-refractivity contribution < 1.29 is 19.4 Å². The largest absolute Gasteiger partial charge is 0.465 e. The highest BCUT2D eigenvalue weighted by Gasteiger charge is 2.50. The molecule has 1 amide bonds. The number of halogens is 1. The fourth-order valence-corrected chi connectivity index (χ4v) is 8.21. The van der Waals surface area contributed by atoms with Gasteiger partial charge in [0.05, 0.1) is 60.6 Å². The van der Waals surface area contributed by atoms with Crippen molar-refractivity contribution in [2.24, 2.45) is 0 Å². The zero-order valence-electron chi connectivity index (χ0n) is 27.1. The van der Waals surface area contributed by atoms with Crippen LogP contribution in [0.2, 0.25) is 5.02 Å². The number of nitrogens with zero attached hydrogens (tertiary/aromatic N) is 8. The summed E-state index contributed by atoms with van der Waals surface area (Å²) < 4.78 is 12.0. The molecule has 1 saturated carbocycles. The van der Waals surface area contributed by atoms with Crippen LogP contribution in [0.4, 0.5) is 16.3 Å². The number of piperazine rings is 2. The monoisotopic (exact) mass is 672 g/mol. The molecule has 1 unspecified atom stereocenters. The third kappa shape index (κ3) is 5.87. The maximum Gasteiger partial charge on any atom is 0.407 e. The Morgan fingerprint density at radius 1 is 1.04 bits per heavy atom. The molecule has 1 aliphatic carbocycles. The van der Waals surface area contributed by atoms with Gasteiger partial charge in [-0.05, 0) is 36.8 Å². The van der Waals surface area contributed by atoms with Crippen LogP contribution in [0, 0.1) is 11.3 Å². The van der Waals surface area contributed by atoms with Crippen LogP contribution in [0.15, 0.2) is 36.4 Å². The molecule has 1 N–H and O–H groups in total. The van der Waals surface area contributed by atoms with Gasteiger partial charge in [0.15, 0.2) is 0 Å². The molecule has 3 aromatic rings. The zero-order chi connectivity index (χ0) is 32.8. The molecule has 4 aliphatic heterocycles. The van der Waals surface area contributed by atoms with E-state index >= 15 is 0 Å². The van der Waals surface area contributed by atoms with Gasteiger partial charge in [-0.25, -0.2) is 4.79 Å². The van der Waals surface area contributed by atoms with Gasteiger partial charge in [0.2, 0.25) is 0 Å². The summed E-state index contributed by atoms with van der Waals surface area (Å²) in [6.45, 7) is 8.88. The number of hydrogen-bond donors (Lipinski definition) is 1. The molecule has 4 fully saturated rings. The number of hydrogen-bond acceptors (Lipinski definition) is 10. The predicted octanol–water partition coefficient (Wildman–Crippen LogP) is 3.86. The number of benzene rings is 2. The van der Waals surface area contributed by atoms with Crippen LogP contribution in [0.5, 0.6) is 6.01 Å². The molecule has 2 aromatic carbocycles. The molecule has 0 bridgehead atoms. The molecular weight excluding hydrogens is 632 g/mol. The third-order valence-corrected chi connectivity index (χ3v) is 11.3. The topological polar surface area (TPSA) is 122 Å². The minimum Gasteiger partial charge on any atom is -0.465 e. The second-order valence-corrected chi connectivity index (χ2v) is 14.1. The molecule has 1 atom stereocenters. The average molecular weight is 673 g/mol. The number of carbonyl (C=O) groups is 1. The molecule has 1 aromatic heterocycles. The lowest BCUT2D eigenvalue weighted by Crippen LogP contribution is -2.59. The van der Waals surface area contributed by atoms with Crippen LogP contribution < -0.4 is 14.5 Å². The van der Waals surface area contributed by atoms with E-state index in [4.69, 9.17) is 31.0 Å². The molecule has 5 aliphatic rings. The highest BCUT2D eigenvalue weighted by atomic mass is 35.5. The van der Waals surface area contributed by atoms with Crippen LogP contribution in [0.3, 0.4) is 0 Å². The summed E-state index contributed by atoms with van der Waals surface area (Å²) in [4.78, 5) is 33.0. The highest BCUT2D eigenvalue weighted by molar-refractivity contribution is 6.36. The van der Waals surface area contributed by atoms with E-state index in [1.807, 2.05) is 12.1 Å². The Bertz CT molecular complexity index is 1730. The van der Waals surface area contributed by atoms with Crippen molar-refractivity contribution in [2.45, 2.75) is 49.9 Å². The summed E-state index contributed by atoms with van der Waals surface area (Å²) in [7, 11) is 0. The van der Waals surface area contributed by atoms with Gasteiger partial charge >= 0.3 is 12.1 Å². The van der Waals surface area contributed by atoms with Gasteiger partial charge in [0.25, 0.3) is 0 Å². The van der Waals surface area contributed by atoms with Crippen molar-refractivity contribution in [2.75, 3.05) is 82.0 Å². The normalized spacial score (nSPS) is 23.0. The van der Waals surface area contributed by atoms with Crippen molar-refractivity contribution >= 4 is 40.0 Å². The number of amides is 1. The van der Waals surface area contributed by atoms with E-state index in [1.54, 1.807) is 0 Å². The minimum atomic E-state index is -0.996. The first kappa shape index (κ1) is 31.4. The van der Waals surface area contributed by atoms with Crippen LogP contribution >= 0.6 is 11.6 Å². The molecule has 0 spiro atoms. The molecule has 12 nitrogen and oxygen atoms in total. The predicted molar refractivity (Wildman–Crippen MR) is 182 cm³/mol. The quantitative estimate of drug-likeness (QED) is 0.376. The standard InChI is InChI=1S/C35H41ClN8O4/c36-28-5-1-3-24-4-2-6-30(31(24)28)41-12-8-27-29(20-41)38-33(39-32(27)42-15-18-44(34(45)46)25(19-42)7-11-37)48-23-35(9-10-35)43-16-13-40(14-17-43)26-21-47-22-26/h1-6,25-26H,7-10,12-23H2,(H,45,46). The second-order valence-electron chi connectivity index (χ2n) is 13.7. The molecule has 252 valence electrons. The molecule has 3 saturated heterocycles. The summed E-state index contributed by atoms with van der Waals surface area (Å²) in [6.07, 6.45) is 2.04. The lowest BCUT2D eigenvalue weighted by Gasteiger charge is -2.44. The van der Waals surface area contributed by atoms with Crippen molar-refractivity contribution in [3.8, 4) is 12.1 Å². The Labute approximate surface area is 285 Å². The van der Waals surface area contributed by atoms with E-state index in [1.165, 1.54) is 4.90 Å². The van der Waals surface area contributed by atoms with E-state index in [0.717, 1.165) is 97.3 Å². The first-order valence-electron chi connectivity index (χ1n) is 17.1. The number of nitriles is 1. The Balaban J connectivity index is 1.07. The Morgan fingerprint density at radius 2 is 1.83 bits per heavy atom. The maximum atomic E-state index is 12.0. The van der Waals surface area contributed by atoms with Crippen molar-refractivity contribution in [3.63, 3.8) is 0 Å². The first-order chi connectivity index (χ1) is 23.4. The molecule has 0 radical (unpaired) electrons. The van der Waals surface area contributed by atoms with Gasteiger partial charge < -0.3 is 29.3 Å². The fraction of sp³-hybridized carbons (Fsp3) is 0.543. The van der Waals surface area contributed by atoms with Gasteiger partial charge in [-0.1, -0.05) is 35.9 Å². The summed E-state index contributed by atoms with van der Waals surface area (Å²) in [5, 5.41) is 22.1. The van der Waals surface area contributed by atoms with Gasteiger partial charge in [-0.15, -0.1) is 0 Å². The molecule has 13 heteroatoms. The highest BCUT2D eigenvalue weighted by Crippen LogP contribution is 2.43. The van der Waals surface area contributed by atoms with Crippen LogP contribution in [0.1, 0.15) is 30.5 Å². The van der Waals surface area contributed by atoms with Gasteiger partial charge in [-0.2, -0.15) is 15.2 Å². The maximum absolute atomic E-state index is 12.0. The van der Waals surface area contributed by atoms with Gasteiger partial charge in [0, 0.05) is 69.0 Å². The summed E-state index contributed by atoms with van der Waals surface area (Å²) in [6, 6.07) is 14.9. The summed E-state index contributed by atoms with van der Waals surface area (Å²) in [5.74, 6) is 0.791. The lowest BCUT2D eigenvalue weighted by atomic mass is 10.0. The molecule has 48 heavy (non-hydrogen) atoms. The number of carboxylic acid groups (broad SMARTS) is 1. The number of anilines is 2. The van der Waals surface area contributed by atoms with Gasteiger partial charge in [0.1, 0.15) is 12.4 Å². The fourth-order valence-electron chi connectivity index (χ4n) is 7.93. The van der Waals surface area contributed by atoms with E-state index in [0.29, 0.717) is 51.3 Å². The van der Waals surface area contributed by atoms with Crippen molar-refractivity contribution in [1.82, 2.24) is 24.7 Å². The van der Waals surface area contributed by atoms with Crippen LogP contribution in [-0.2, 0) is 17.7 Å². The first-order valence-corrected chi connectivity index (χ1v) is 17.4. The third-order valence-electron chi connectivity index (χ3n) is 11.0. The lowest BCUT2D eigenvalue weighted by molar-refractivity contribution is -0.0823. The Morgan fingerprint density at radius 3 is 2.54 bits per heavy atom. The van der Waals surface area contributed by atoms with Crippen LogP contribution in [0.25, 0.3) is 10.8 Å². The van der Waals surface area contributed by atoms with Crippen molar-refractivity contribution in [3.05, 3.63) is 52.7 Å². The van der Waals surface area contributed by atoms with E-state index in [2.05, 4.69) is 49.9 Å². The van der Waals surface area contributed by atoms with Crippen molar-refractivity contribution in [1.29, 1.82) is 5.26 Å². The summed E-state index contributed by atoms with van der Waals surface area (Å²) >= 11 is 6.73. The zero-order valence-corrected chi connectivity index (χ0v) is 27.8. The minimum absolute atomic E-state index is 0.0123. The number of fused-ring (bicyclic) bond motifs is 2. The van der Waals surface area contributed by atoms with Crippen LogP contribution in [-0.4, -0.2) is 126 Å². The molecular formula is C35H41ClN8O4. The Hall–Kier alpha value is -3.89. The number of ether oxygens (including phenoxy) is 2. The van der Waals surface area contributed by atoms with Gasteiger partial charge in [-0.3, -0.25) is 9.80 Å². The SMILES string of the molecule is N#CCC1CN(c2nc(OCC3(N4CCN(C5COC5)CC4)CC3)nc3c2CCN(c2cccc4cccc(Cl)c24)C3)CCN1C(=O)O. The Kier molecular flexibility index (Phi) is 8.41. The number of rotatable bonds is 8. The molecule has 5 heterocycles. The van der Waals surface area contributed by atoms with E-state index in [9.17, 15) is 15.2 Å². The summed E-state index contributed by atoms with van der Waals surface area (Å²) in [5.41, 5.74) is 3.05.